The average molecular weight is 464 g/mol. The average Bonchev–Trinajstić information content (AvgIpc) is 3.46. The molecular weight excluding hydrogens is 438 g/mol. The van der Waals surface area contributed by atoms with Crippen LogP contribution in [-0.2, 0) is 9.47 Å². The normalized spacial score (nSPS) is 20.9. The number of pyridine rings is 1. The van der Waals surface area contributed by atoms with Gasteiger partial charge in [-0.2, -0.15) is 0 Å². The first-order valence-corrected chi connectivity index (χ1v) is 12.1. The first kappa shape index (κ1) is 20.5. The highest BCUT2D eigenvalue weighted by molar-refractivity contribution is 5.79. The van der Waals surface area contributed by atoms with Crippen molar-refractivity contribution in [2.45, 2.75) is 24.4 Å². The van der Waals surface area contributed by atoms with Gasteiger partial charge in [0.15, 0.2) is 0 Å². The number of aromatic nitrogens is 2. The van der Waals surface area contributed by atoms with Gasteiger partial charge >= 0.3 is 6.09 Å². The molecule has 2 aromatic carbocycles. The van der Waals surface area contributed by atoms with E-state index in [1.807, 2.05) is 35.5 Å². The first-order valence-electron chi connectivity index (χ1n) is 12.1. The third-order valence-electron chi connectivity index (χ3n) is 7.49. The van der Waals surface area contributed by atoms with Crippen molar-refractivity contribution in [3.05, 3.63) is 102 Å². The molecule has 2 unspecified atom stereocenters. The summed E-state index contributed by atoms with van der Waals surface area (Å²) in [7, 11) is 0. The topological polar surface area (TPSA) is 56.1 Å². The van der Waals surface area contributed by atoms with Crippen molar-refractivity contribution < 1.29 is 14.3 Å². The first-order chi connectivity index (χ1) is 17.3. The summed E-state index contributed by atoms with van der Waals surface area (Å²) in [5.74, 6) is 0.0523. The Kier molecular flexibility index (Phi) is 4.74. The maximum Gasteiger partial charge on any atom is 0.410 e. The summed E-state index contributed by atoms with van der Waals surface area (Å²) in [4.78, 5) is 19.8. The van der Waals surface area contributed by atoms with Crippen LogP contribution in [0.15, 0.2) is 85.2 Å². The molecule has 1 amide bonds. The monoisotopic (exact) mass is 463 g/mol. The van der Waals surface area contributed by atoms with E-state index in [1.165, 1.54) is 27.8 Å². The van der Waals surface area contributed by atoms with Crippen LogP contribution in [-0.4, -0.2) is 52.3 Å². The Bertz CT molecular complexity index is 1430. The van der Waals surface area contributed by atoms with Crippen LogP contribution in [0.4, 0.5) is 4.79 Å². The Morgan fingerprint density at radius 1 is 0.971 bits per heavy atom. The largest absolute Gasteiger partial charge is 0.448 e. The highest BCUT2D eigenvalue weighted by atomic mass is 16.6. The number of amides is 1. The highest BCUT2D eigenvalue weighted by Gasteiger charge is 2.40. The number of fused-ring (bicyclic) bond motifs is 6. The van der Waals surface area contributed by atoms with Crippen LogP contribution in [0.5, 0.6) is 0 Å². The summed E-state index contributed by atoms with van der Waals surface area (Å²) in [5, 5.41) is 0. The molecule has 2 bridgehead atoms. The number of benzene rings is 2. The predicted octanol–water partition coefficient (Wildman–Crippen LogP) is 5.14. The summed E-state index contributed by atoms with van der Waals surface area (Å²) >= 11 is 0. The molecule has 1 saturated heterocycles. The van der Waals surface area contributed by atoms with Crippen LogP contribution in [0.2, 0.25) is 0 Å². The van der Waals surface area contributed by atoms with Gasteiger partial charge in [0.2, 0.25) is 0 Å². The number of hydrogen-bond acceptors (Lipinski definition) is 4. The minimum Gasteiger partial charge on any atom is -0.448 e. The van der Waals surface area contributed by atoms with E-state index >= 15 is 0 Å². The standard InChI is InChI=1S/C29H25N3O3/c33-29(35-18-26-24-9-3-1-7-22(24)23-8-2-4-10-25(23)26)32-20-13-19(14-21(32)17-34-16-20)27-15-30-28-11-5-6-12-31(27)28/h1-13,15,20-21,26H,14,16-18H2. The molecule has 2 aromatic heterocycles. The minimum atomic E-state index is -0.265. The fraction of sp³-hybridized carbons (Fsp3) is 0.241. The van der Waals surface area contributed by atoms with E-state index < -0.39 is 0 Å². The highest BCUT2D eigenvalue weighted by Crippen LogP contribution is 2.44. The lowest BCUT2D eigenvalue weighted by Crippen LogP contribution is -2.56. The predicted molar refractivity (Wildman–Crippen MR) is 133 cm³/mol. The second-order valence-corrected chi connectivity index (χ2v) is 9.44. The van der Waals surface area contributed by atoms with Gasteiger partial charge in [-0.1, -0.05) is 60.7 Å². The Balaban J connectivity index is 1.14. The molecule has 4 aromatic rings. The summed E-state index contributed by atoms with van der Waals surface area (Å²) in [5.41, 5.74) is 8.09. The summed E-state index contributed by atoms with van der Waals surface area (Å²) in [6.07, 6.45) is 6.54. The Morgan fingerprint density at radius 2 is 1.71 bits per heavy atom. The van der Waals surface area contributed by atoms with Crippen molar-refractivity contribution in [2.75, 3.05) is 19.8 Å². The van der Waals surface area contributed by atoms with Crippen LogP contribution in [0, 0.1) is 0 Å². The van der Waals surface area contributed by atoms with Crippen LogP contribution in [0.3, 0.4) is 0 Å². The molecule has 0 saturated carbocycles. The van der Waals surface area contributed by atoms with Crippen molar-refractivity contribution >= 4 is 17.3 Å². The number of morpholine rings is 1. The Hall–Kier alpha value is -3.90. The number of hydrogen-bond donors (Lipinski definition) is 0. The molecule has 174 valence electrons. The van der Waals surface area contributed by atoms with Gasteiger partial charge in [0.25, 0.3) is 0 Å². The smallest absolute Gasteiger partial charge is 0.410 e. The maximum atomic E-state index is 13.4. The molecule has 3 aliphatic rings. The molecule has 4 heterocycles. The number of ether oxygens (including phenoxy) is 2. The number of rotatable bonds is 3. The fourth-order valence-corrected chi connectivity index (χ4v) is 5.91. The lowest BCUT2D eigenvalue weighted by atomic mass is 9.93. The van der Waals surface area contributed by atoms with Crippen LogP contribution in [0.1, 0.15) is 29.2 Å². The molecule has 6 nitrogen and oxygen atoms in total. The summed E-state index contributed by atoms with van der Waals surface area (Å²) < 4.78 is 13.9. The SMILES string of the molecule is O=C(OCC1c2ccccc2-c2ccccc21)N1C2C=C(c3cnc4ccccn34)CC1COC2. The second-order valence-electron chi connectivity index (χ2n) is 9.44. The third kappa shape index (κ3) is 3.28. The number of carbonyl (C=O) groups excluding carboxylic acids is 1. The summed E-state index contributed by atoms with van der Waals surface area (Å²) in [6.45, 7) is 1.31. The molecule has 2 aliphatic heterocycles. The zero-order valence-corrected chi connectivity index (χ0v) is 19.2. The number of nitrogens with zero attached hydrogens (tertiary/aromatic N) is 3. The molecule has 1 aliphatic carbocycles. The quantitative estimate of drug-likeness (QED) is 0.422. The van der Waals surface area contributed by atoms with Crippen molar-refractivity contribution in [2.24, 2.45) is 0 Å². The molecule has 0 spiro atoms. The molecule has 2 atom stereocenters. The van der Waals surface area contributed by atoms with Gasteiger partial charge in [0, 0.05) is 12.1 Å². The van der Waals surface area contributed by atoms with E-state index in [-0.39, 0.29) is 24.1 Å². The van der Waals surface area contributed by atoms with Crippen molar-refractivity contribution in [1.29, 1.82) is 0 Å². The van der Waals surface area contributed by atoms with Crippen molar-refractivity contribution in [1.82, 2.24) is 14.3 Å². The van der Waals surface area contributed by atoms with E-state index in [1.54, 1.807) is 0 Å². The van der Waals surface area contributed by atoms with Gasteiger partial charge in [0.1, 0.15) is 12.3 Å². The van der Waals surface area contributed by atoms with Gasteiger partial charge in [-0.15, -0.1) is 0 Å². The van der Waals surface area contributed by atoms with Crippen molar-refractivity contribution in [3.63, 3.8) is 0 Å². The second kappa shape index (κ2) is 8.10. The Morgan fingerprint density at radius 3 is 2.49 bits per heavy atom. The van der Waals surface area contributed by atoms with E-state index in [9.17, 15) is 4.79 Å². The van der Waals surface area contributed by atoms with E-state index in [4.69, 9.17) is 9.47 Å². The zero-order valence-electron chi connectivity index (χ0n) is 19.2. The lowest BCUT2D eigenvalue weighted by molar-refractivity contribution is -0.0332. The van der Waals surface area contributed by atoms with E-state index in [0.717, 1.165) is 11.3 Å². The van der Waals surface area contributed by atoms with Crippen LogP contribution < -0.4 is 0 Å². The van der Waals surface area contributed by atoms with Crippen molar-refractivity contribution in [3.8, 4) is 11.1 Å². The fourth-order valence-electron chi connectivity index (χ4n) is 5.91. The minimum absolute atomic E-state index is 0.0523. The molecule has 0 radical (unpaired) electrons. The van der Waals surface area contributed by atoms with Gasteiger partial charge in [-0.25, -0.2) is 9.78 Å². The maximum absolute atomic E-state index is 13.4. The van der Waals surface area contributed by atoms with Gasteiger partial charge < -0.3 is 13.9 Å². The van der Waals surface area contributed by atoms with E-state index in [0.29, 0.717) is 26.2 Å². The third-order valence-corrected chi connectivity index (χ3v) is 7.49. The molecule has 0 N–H and O–H groups in total. The molecule has 6 heteroatoms. The number of imidazole rings is 1. The van der Waals surface area contributed by atoms with Crippen LogP contribution in [0.25, 0.3) is 22.3 Å². The molecule has 7 rings (SSSR count). The van der Waals surface area contributed by atoms with Gasteiger partial charge in [-0.3, -0.25) is 4.90 Å². The zero-order chi connectivity index (χ0) is 23.4. The molecule has 1 fully saturated rings. The van der Waals surface area contributed by atoms with Gasteiger partial charge in [0.05, 0.1) is 37.2 Å². The summed E-state index contributed by atoms with van der Waals surface area (Å²) in [6, 6.07) is 22.6. The van der Waals surface area contributed by atoms with E-state index in [2.05, 4.69) is 64.0 Å². The lowest BCUT2D eigenvalue weighted by Gasteiger charge is -2.43. The van der Waals surface area contributed by atoms with Crippen LogP contribution >= 0.6 is 0 Å². The van der Waals surface area contributed by atoms with Gasteiger partial charge in [-0.05, 0) is 46.4 Å². The molecule has 35 heavy (non-hydrogen) atoms. The molecular formula is C29H25N3O3. The Labute approximate surface area is 203 Å². The number of carbonyl (C=O) groups is 1.